The van der Waals surface area contributed by atoms with Gasteiger partial charge in [0, 0.05) is 17.9 Å². The molecule has 1 amide bonds. The second kappa shape index (κ2) is 5.09. The number of nitrogens with zero attached hydrogens (tertiary/aromatic N) is 2. The van der Waals surface area contributed by atoms with Crippen molar-refractivity contribution in [2.24, 2.45) is 0 Å². The van der Waals surface area contributed by atoms with E-state index in [1.165, 1.54) is 4.90 Å². The molecule has 104 valence electrons. The number of rotatable bonds is 2. The Kier molecular flexibility index (Phi) is 4.16. The highest BCUT2D eigenvalue weighted by atomic mass is 16.6. The average Bonchev–Trinajstić information content (AvgIpc) is 2.26. The van der Waals surface area contributed by atoms with Crippen molar-refractivity contribution in [2.45, 2.75) is 44.8 Å². The number of amides is 1. The zero-order valence-electron chi connectivity index (χ0n) is 11.0. The molecule has 1 aliphatic rings. The van der Waals surface area contributed by atoms with E-state index in [1.54, 1.807) is 20.8 Å². The van der Waals surface area contributed by atoms with Gasteiger partial charge in [-0.15, -0.1) is 0 Å². The van der Waals surface area contributed by atoms with Gasteiger partial charge in [-0.05, 0) is 27.2 Å². The molecule has 1 N–H and O–H groups in total. The van der Waals surface area contributed by atoms with Crippen LogP contribution in [0.5, 0.6) is 0 Å². The summed E-state index contributed by atoms with van der Waals surface area (Å²) in [7, 11) is 0. The Bertz CT molecular complexity index is 339. The maximum absolute atomic E-state index is 11.8. The van der Waals surface area contributed by atoms with Crippen LogP contribution in [-0.4, -0.2) is 51.9 Å². The number of aliphatic hydroxyl groups excluding tert-OH is 1. The van der Waals surface area contributed by atoms with Crippen LogP contribution in [0.3, 0.4) is 0 Å². The van der Waals surface area contributed by atoms with Gasteiger partial charge in [-0.1, -0.05) is 0 Å². The summed E-state index contributed by atoms with van der Waals surface area (Å²) in [6, 6.07) is 0. The fourth-order valence-electron chi connectivity index (χ4n) is 1.93. The van der Waals surface area contributed by atoms with Crippen LogP contribution in [0.1, 0.15) is 33.6 Å². The fraction of sp³-hybridized carbons (Fsp3) is 0.909. The molecule has 1 rings (SSSR count). The van der Waals surface area contributed by atoms with Gasteiger partial charge in [-0.25, -0.2) is 4.79 Å². The van der Waals surface area contributed by atoms with Crippen LogP contribution < -0.4 is 0 Å². The normalized spacial score (nSPS) is 24.8. The number of nitro groups is 1. The SMILES string of the molecule is CC(C)(C)OC(=O)N1CCCC(CO)([N+](=O)[O-])C1. The molecular weight excluding hydrogens is 240 g/mol. The minimum Gasteiger partial charge on any atom is -0.444 e. The summed E-state index contributed by atoms with van der Waals surface area (Å²) in [5.74, 6) is 0. The number of aliphatic hydroxyl groups is 1. The molecule has 1 aliphatic heterocycles. The first-order chi connectivity index (χ1) is 8.20. The highest BCUT2D eigenvalue weighted by Gasteiger charge is 2.47. The Hall–Kier alpha value is -1.37. The van der Waals surface area contributed by atoms with Crippen LogP contribution in [0.15, 0.2) is 0 Å². The maximum atomic E-state index is 11.8. The zero-order chi connectivity index (χ0) is 14.0. The first-order valence-corrected chi connectivity index (χ1v) is 5.93. The monoisotopic (exact) mass is 260 g/mol. The molecule has 1 unspecified atom stereocenters. The maximum Gasteiger partial charge on any atom is 0.410 e. The summed E-state index contributed by atoms with van der Waals surface area (Å²) in [5.41, 5.74) is -2.08. The number of hydrogen-bond donors (Lipinski definition) is 1. The third-order valence-electron chi connectivity index (χ3n) is 2.89. The Balaban J connectivity index is 2.75. The second-order valence-electron chi connectivity index (χ2n) is 5.65. The van der Waals surface area contributed by atoms with Gasteiger partial charge in [-0.3, -0.25) is 10.1 Å². The predicted molar refractivity (Wildman–Crippen MR) is 63.9 cm³/mol. The van der Waals surface area contributed by atoms with Gasteiger partial charge in [0.25, 0.3) is 5.54 Å². The van der Waals surface area contributed by atoms with Crippen LogP contribution in [0.2, 0.25) is 0 Å². The minimum atomic E-state index is -1.45. The largest absolute Gasteiger partial charge is 0.444 e. The van der Waals surface area contributed by atoms with Gasteiger partial charge >= 0.3 is 6.09 Å². The molecule has 0 spiro atoms. The van der Waals surface area contributed by atoms with E-state index in [2.05, 4.69) is 0 Å². The van der Waals surface area contributed by atoms with Crippen LogP contribution in [0.4, 0.5) is 4.79 Å². The van der Waals surface area contributed by atoms with Crippen molar-refractivity contribution in [3.63, 3.8) is 0 Å². The number of ether oxygens (including phenoxy) is 1. The van der Waals surface area contributed by atoms with E-state index in [-0.39, 0.29) is 13.0 Å². The van der Waals surface area contributed by atoms with Crippen LogP contribution in [0.25, 0.3) is 0 Å². The Morgan fingerprint density at radius 3 is 2.61 bits per heavy atom. The molecule has 0 aromatic rings. The third kappa shape index (κ3) is 3.32. The lowest BCUT2D eigenvalue weighted by Crippen LogP contribution is -2.57. The lowest BCUT2D eigenvalue weighted by Gasteiger charge is -2.36. The molecule has 18 heavy (non-hydrogen) atoms. The lowest BCUT2D eigenvalue weighted by molar-refractivity contribution is -0.577. The molecule has 0 saturated carbocycles. The van der Waals surface area contributed by atoms with Crippen molar-refractivity contribution in [1.82, 2.24) is 4.90 Å². The molecule has 1 atom stereocenters. The third-order valence-corrected chi connectivity index (χ3v) is 2.89. The standard InChI is InChI=1S/C11H20N2O5/c1-10(2,3)18-9(15)12-6-4-5-11(7-12,8-14)13(16)17/h14H,4-8H2,1-3H3. The van der Waals surface area contributed by atoms with Crippen LogP contribution in [0, 0.1) is 10.1 Å². The quantitative estimate of drug-likeness (QED) is 0.591. The van der Waals surface area contributed by atoms with Gasteiger partial charge in [0.2, 0.25) is 0 Å². The number of carbonyl (C=O) groups excluding carboxylic acids is 1. The van der Waals surface area contributed by atoms with E-state index in [9.17, 15) is 20.0 Å². The molecule has 0 bridgehead atoms. The highest BCUT2D eigenvalue weighted by molar-refractivity contribution is 5.68. The molecule has 0 aromatic heterocycles. The van der Waals surface area contributed by atoms with Crippen molar-refractivity contribution < 1.29 is 19.6 Å². The topological polar surface area (TPSA) is 92.9 Å². The number of carbonyl (C=O) groups is 1. The van der Waals surface area contributed by atoms with E-state index in [0.29, 0.717) is 13.0 Å². The van der Waals surface area contributed by atoms with Gasteiger partial charge in [-0.2, -0.15) is 0 Å². The number of hydrogen-bond acceptors (Lipinski definition) is 5. The molecule has 0 aliphatic carbocycles. The van der Waals surface area contributed by atoms with Crippen LogP contribution in [-0.2, 0) is 4.74 Å². The van der Waals surface area contributed by atoms with Crippen LogP contribution >= 0.6 is 0 Å². The minimum absolute atomic E-state index is 0.106. The van der Waals surface area contributed by atoms with Crippen molar-refractivity contribution >= 4 is 6.09 Å². The summed E-state index contributed by atoms with van der Waals surface area (Å²) in [5, 5.41) is 20.3. The molecule has 1 heterocycles. The molecule has 0 radical (unpaired) electrons. The average molecular weight is 260 g/mol. The number of likely N-dealkylation sites (tertiary alicyclic amines) is 1. The lowest BCUT2D eigenvalue weighted by atomic mass is 9.91. The van der Waals surface area contributed by atoms with E-state index in [4.69, 9.17) is 4.74 Å². The summed E-state index contributed by atoms with van der Waals surface area (Å²) < 4.78 is 5.18. The number of piperidine rings is 1. The Morgan fingerprint density at radius 1 is 1.56 bits per heavy atom. The fourth-order valence-corrected chi connectivity index (χ4v) is 1.93. The van der Waals surface area contributed by atoms with Gasteiger partial charge in [0.05, 0.1) is 6.54 Å². The summed E-state index contributed by atoms with van der Waals surface area (Å²) in [6.07, 6.45) is 0.193. The zero-order valence-corrected chi connectivity index (χ0v) is 11.0. The highest BCUT2D eigenvalue weighted by Crippen LogP contribution is 2.25. The predicted octanol–water partition coefficient (Wildman–Crippen LogP) is 1.03. The molecular formula is C11H20N2O5. The van der Waals surface area contributed by atoms with Gasteiger partial charge in [0.15, 0.2) is 0 Å². The van der Waals surface area contributed by atoms with Crippen molar-refractivity contribution in [3.05, 3.63) is 10.1 Å². The van der Waals surface area contributed by atoms with Crippen molar-refractivity contribution in [2.75, 3.05) is 19.7 Å². The molecule has 1 saturated heterocycles. The van der Waals surface area contributed by atoms with Crippen molar-refractivity contribution in [3.8, 4) is 0 Å². The second-order valence-corrected chi connectivity index (χ2v) is 5.65. The molecule has 1 fully saturated rings. The Morgan fingerprint density at radius 2 is 2.17 bits per heavy atom. The van der Waals surface area contributed by atoms with E-state index < -0.39 is 28.8 Å². The molecule has 0 aromatic carbocycles. The smallest absolute Gasteiger partial charge is 0.410 e. The first-order valence-electron chi connectivity index (χ1n) is 5.93. The molecule has 7 heteroatoms. The van der Waals surface area contributed by atoms with E-state index in [1.807, 2.05) is 0 Å². The van der Waals surface area contributed by atoms with Crippen molar-refractivity contribution in [1.29, 1.82) is 0 Å². The first kappa shape index (κ1) is 14.7. The Labute approximate surface area is 106 Å². The van der Waals surface area contributed by atoms with Gasteiger partial charge < -0.3 is 14.7 Å². The summed E-state index contributed by atoms with van der Waals surface area (Å²) in [4.78, 5) is 23.7. The summed E-state index contributed by atoms with van der Waals surface area (Å²) in [6.45, 7) is 4.96. The van der Waals surface area contributed by atoms with E-state index in [0.717, 1.165) is 0 Å². The van der Waals surface area contributed by atoms with Gasteiger partial charge in [0.1, 0.15) is 12.2 Å². The molecule has 7 nitrogen and oxygen atoms in total. The van der Waals surface area contributed by atoms with E-state index >= 15 is 0 Å². The summed E-state index contributed by atoms with van der Waals surface area (Å²) >= 11 is 0.